The normalized spacial score (nSPS) is 11.1. The summed E-state index contributed by atoms with van der Waals surface area (Å²) in [7, 11) is -4.51. The number of hydrogen-bond acceptors (Lipinski definition) is 4. The van der Waals surface area contributed by atoms with Crippen molar-refractivity contribution in [3.8, 4) is 17.2 Å². The molecule has 7 heteroatoms. The quantitative estimate of drug-likeness (QED) is 0.335. The first-order valence-electron chi connectivity index (χ1n) is 9.45. The van der Waals surface area contributed by atoms with Crippen LogP contribution >= 0.6 is 0 Å². The van der Waals surface area contributed by atoms with Crippen LogP contribution in [0.1, 0.15) is 57.4 Å². The van der Waals surface area contributed by atoms with Gasteiger partial charge in [0.15, 0.2) is 0 Å². The van der Waals surface area contributed by atoms with Crippen LogP contribution in [-0.4, -0.2) is 13.0 Å². The van der Waals surface area contributed by atoms with Crippen LogP contribution < -0.4 is 61.2 Å². The van der Waals surface area contributed by atoms with E-state index in [1.807, 2.05) is 24.3 Å². The van der Waals surface area contributed by atoms with Gasteiger partial charge in [-0.05, 0) is 48.7 Å². The van der Waals surface area contributed by atoms with Gasteiger partial charge in [-0.1, -0.05) is 63.3 Å². The maximum Gasteiger partial charge on any atom is 1.00 e. The monoisotopic (exact) mass is 430 g/mol. The summed E-state index contributed by atoms with van der Waals surface area (Å²) in [6.45, 7) is 2.22. The molecule has 0 aromatic heterocycles. The zero-order chi connectivity index (χ0) is 19.7. The van der Waals surface area contributed by atoms with Crippen LogP contribution in [0, 0.1) is 0 Å². The molecule has 0 bridgehead atoms. The van der Waals surface area contributed by atoms with Gasteiger partial charge in [-0.3, -0.25) is 4.55 Å². The van der Waals surface area contributed by atoms with Crippen molar-refractivity contribution in [3.05, 3.63) is 48.0 Å². The fourth-order valence-electron chi connectivity index (χ4n) is 2.91. The second-order valence-corrected chi connectivity index (χ2v) is 8.09. The van der Waals surface area contributed by atoms with E-state index in [4.69, 9.17) is 9.29 Å². The SMILES string of the molecule is CCCCCCCCCc1ccc(Oc2ccc(S(=O)(=O)O)c([O-])c2)cc1.[K+]. The zero-order valence-electron chi connectivity index (χ0n) is 16.7. The molecule has 0 aliphatic heterocycles. The van der Waals surface area contributed by atoms with E-state index < -0.39 is 20.8 Å². The molecule has 0 saturated heterocycles. The van der Waals surface area contributed by atoms with Gasteiger partial charge in [0.2, 0.25) is 0 Å². The predicted octanol–water partition coefficient (Wildman–Crippen LogP) is 2.10. The van der Waals surface area contributed by atoms with Crippen LogP contribution in [0.2, 0.25) is 0 Å². The van der Waals surface area contributed by atoms with E-state index in [2.05, 4.69) is 6.92 Å². The van der Waals surface area contributed by atoms with Gasteiger partial charge >= 0.3 is 51.4 Å². The van der Waals surface area contributed by atoms with Crippen molar-refractivity contribution in [1.29, 1.82) is 0 Å². The van der Waals surface area contributed by atoms with Crippen molar-refractivity contribution in [3.63, 3.8) is 0 Å². The van der Waals surface area contributed by atoms with Crippen LogP contribution in [-0.2, 0) is 16.5 Å². The summed E-state index contributed by atoms with van der Waals surface area (Å²) in [4.78, 5) is -0.653. The maximum absolute atomic E-state index is 11.7. The Labute approximate surface area is 210 Å². The Morgan fingerprint density at radius 1 is 0.893 bits per heavy atom. The van der Waals surface area contributed by atoms with Crippen LogP contribution in [0.3, 0.4) is 0 Å². The average molecular weight is 431 g/mol. The van der Waals surface area contributed by atoms with Gasteiger partial charge in [-0.15, -0.1) is 0 Å². The predicted molar refractivity (Wildman–Crippen MR) is 104 cm³/mol. The van der Waals surface area contributed by atoms with Gasteiger partial charge in [0.25, 0.3) is 10.1 Å². The van der Waals surface area contributed by atoms with Crippen molar-refractivity contribution in [2.24, 2.45) is 0 Å². The second-order valence-electron chi connectivity index (χ2n) is 6.70. The Kier molecular flexibility index (Phi) is 11.9. The molecule has 0 atom stereocenters. The second kappa shape index (κ2) is 13.0. The molecule has 148 valence electrons. The van der Waals surface area contributed by atoms with Gasteiger partial charge in [0.1, 0.15) is 11.5 Å². The first-order valence-corrected chi connectivity index (χ1v) is 10.9. The fourth-order valence-corrected chi connectivity index (χ4v) is 3.46. The molecule has 0 heterocycles. The maximum atomic E-state index is 11.7. The molecule has 0 radical (unpaired) electrons. The molecule has 28 heavy (non-hydrogen) atoms. The van der Waals surface area contributed by atoms with Crippen molar-refractivity contribution in [1.82, 2.24) is 0 Å². The van der Waals surface area contributed by atoms with E-state index in [1.165, 1.54) is 56.6 Å². The van der Waals surface area contributed by atoms with Crippen molar-refractivity contribution >= 4 is 10.1 Å². The van der Waals surface area contributed by atoms with Crippen LogP contribution in [0.25, 0.3) is 0 Å². The number of benzene rings is 2. The molecule has 0 aliphatic carbocycles. The summed E-state index contributed by atoms with van der Waals surface area (Å²) in [5.74, 6) is -0.00453. The Hall–Kier alpha value is -0.414. The number of ether oxygens (including phenoxy) is 1. The Balaban J connectivity index is 0.00000392. The summed E-state index contributed by atoms with van der Waals surface area (Å²) < 4.78 is 36.6. The first kappa shape index (κ1) is 25.6. The van der Waals surface area contributed by atoms with Crippen LogP contribution in [0.15, 0.2) is 47.4 Å². The summed E-state index contributed by atoms with van der Waals surface area (Å²) >= 11 is 0. The fraction of sp³-hybridized carbons (Fsp3) is 0.429. The molecule has 2 rings (SSSR count). The van der Waals surface area contributed by atoms with Crippen molar-refractivity contribution in [2.45, 2.75) is 63.2 Å². The number of unbranched alkanes of at least 4 members (excludes halogenated alkanes) is 6. The number of hydrogen-bond donors (Lipinski definition) is 1. The van der Waals surface area contributed by atoms with Crippen LogP contribution in [0.5, 0.6) is 17.2 Å². The van der Waals surface area contributed by atoms with Gasteiger partial charge in [-0.2, -0.15) is 8.42 Å². The third-order valence-electron chi connectivity index (χ3n) is 4.42. The third kappa shape index (κ3) is 8.94. The van der Waals surface area contributed by atoms with Gasteiger partial charge < -0.3 is 9.84 Å². The molecule has 2 aromatic carbocycles. The first-order chi connectivity index (χ1) is 12.9. The van der Waals surface area contributed by atoms with Crippen molar-refractivity contribution < 1.29 is 74.2 Å². The van der Waals surface area contributed by atoms with E-state index in [0.29, 0.717) is 5.75 Å². The minimum absolute atomic E-state index is 0. The molecule has 0 spiro atoms. The molecule has 1 N–H and O–H groups in total. The number of aryl methyl sites for hydroxylation is 1. The largest absolute Gasteiger partial charge is 1.00 e. The molecular formula is C21H27KO5S. The zero-order valence-corrected chi connectivity index (χ0v) is 20.6. The molecule has 0 amide bonds. The topological polar surface area (TPSA) is 86.7 Å². The minimum Gasteiger partial charge on any atom is -0.871 e. The molecule has 5 nitrogen and oxygen atoms in total. The molecule has 0 unspecified atom stereocenters. The van der Waals surface area contributed by atoms with Crippen molar-refractivity contribution in [2.75, 3.05) is 0 Å². The Morgan fingerprint density at radius 2 is 1.46 bits per heavy atom. The minimum atomic E-state index is -4.51. The van der Waals surface area contributed by atoms with Gasteiger partial charge in [0, 0.05) is 0 Å². The van der Waals surface area contributed by atoms with E-state index in [9.17, 15) is 13.5 Å². The average Bonchev–Trinajstić information content (AvgIpc) is 2.61. The standard InChI is InChI=1S/C21H28O5S.K/c1-2-3-4-5-6-7-8-9-17-10-12-18(13-11-17)26-19-14-15-21(20(22)16-19)27(23,24)25;/h10-16,22H,2-9H2,1H3,(H,23,24,25);/q;+1/p-1. The van der Waals surface area contributed by atoms with E-state index >= 15 is 0 Å². The summed E-state index contributed by atoms with van der Waals surface area (Å²) in [5, 5.41) is 11.7. The molecule has 0 fully saturated rings. The Bertz CT molecular complexity index is 819. The van der Waals surface area contributed by atoms with E-state index in [-0.39, 0.29) is 57.1 Å². The summed E-state index contributed by atoms with van der Waals surface area (Å²) in [6, 6.07) is 11.1. The molecule has 0 saturated carbocycles. The molecule has 2 aromatic rings. The van der Waals surface area contributed by atoms with Gasteiger partial charge in [-0.25, -0.2) is 0 Å². The number of rotatable bonds is 11. The van der Waals surface area contributed by atoms with E-state index in [0.717, 1.165) is 18.6 Å². The Morgan fingerprint density at radius 3 is 2.04 bits per heavy atom. The summed E-state index contributed by atoms with van der Waals surface area (Å²) in [6.07, 6.45) is 9.98. The molecular weight excluding hydrogens is 403 g/mol. The molecule has 0 aliphatic rings. The summed E-state index contributed by atoms with van der Waals surface area (Å²) in [5.41, 5.74) is 1.24. The van der Waals surface area contributed by atoms with E-state index in [1.54, 1.807) is 0 Å². The van der Waals surface area contributed by atoms with Crippen LogP contribution in [0.4, 0.5) is 0 Å². The third-order valence-corrected chi connectivity index (χ3v) is 5.31. The van der Waals surface area contributed by atoms with Gasteiger partial charge in [0.05, 0.1) is 4.90 Å². The smallest absolute Gasteiger partial charge is 0.871 e.